The van der Waals surface area contributed by atoms with E-state index in [1.54, 1.807) is 0 Å². The van der Waals surface area contributed by atoms with Gasteiger partial charge in [-0.15, -0.1) is 0 Å². The van der Waals surface area contributed by atoms with Crippen molar-refractivity contribution in [1.29, 1.82) is 0 Å². The number of hydrogen-bond donors (Lipinski definition) is 1. The minimum atomic E-state index is -3.98. The van der Waals surface area contributed by atoms with Gasteiger partial charge in [0.2, 0.25) is 0 Å². The lowest BCUT2D eigenvalue weighted by molar-refractivity contribution is 0.0935. The smallest absolute Gasteiger partial charge is 0.262 e. The zero-order valence-electron chi connectivity index (χ0n) is 10.5. The lowest BCUT2D eigenvalue weighted by atomic mass is 10.1. The van der Waals surface area contributed by atoms with Crippen molar-refractivity contribution >= 4 is 53.2 Å². The van der Waals surface area contributed by atoms with Crippen LogP contribution in [0.1, 0.15) is 30.1 Å². The molecule has 1 N–H and O–H groups in total. The maximum atomic E-state index is 12.1. The van der Waals surface area contributed by atoms with Crippen LogP contribution >= 0.6 is 38.2 Å². The van der Waals surface area contributed by atoms with E-state index in [2.05, 4.69) is 21.2 Å². The van der Waals surface area contributed by atoms with E-state index in [4.69, 9.17) is 22.3 Å². The summed E-state index contributed by atoms with van der Waals surface area (Å²) in [6.07, 6.45) is 2.20. The first-order valence-corrected chi connectivity index (χ1v) is 9.42. The minimum absolute atomic E-state index is 0.0565. The van der Waals surface area contributed by atoms with E-state index in [1.165, 1.54) is 12.1 Å². The number of hydrogen-bond acceptors (Lipinski definition) is 3. The molecule has 1 fully saturated rings. The van der Waals surface area contributed by atoms with Crippen molar-refractivity contribution in [2.75, 3.05) is 0 Å². The average Bonchev–Trinajstić information content (AvgIpc) is 3.14. The number of halogens is 3. The molecule has 1 aliphatic carbocycles. The molecule has 0 saturated heterocycles. The van der Waals surface area contributed by atoms with Crippen LogP contribution in [0.25, 0.3) is 0 Å². The summed E-state index contributed by atoms with van der Waals surface area (Å²) in [7, 11) is 1.35. The molecular weight excluding hydrogens is 389 g/mol. The van der Waals surface area contributed by atoms with Gasteiger partial charge >= 0.3 is 0 Å². The second-order valence-corrected chi connectivity index (χ2v) is 8.54. The van der Waals surface area contributed by atoms with Crippen molar-refractivity contribution in [2.24, 2.45) is 5.92 Å². The summed E-state index contributed by atoms with van der Waals surface area (Å²) in [5.41, 5.74) is 0.171. The third kappa shape index (κ3) is 3.67. The number of carbonyl (C=O) groups excluding carboxylic acids is 1. The summed E-state index contributed by atoms with van der Waals surface area (Å²) in [5, 5.41) is 2.95. The molecule has 2 rings (SSSR count). The predicted molar refractivity (Wildman–Crippen MR) is 81.8 cm³/mol. The van der Waals surface area contributed by atoms with Crippen molar-refractivity contribution in [3.8, 4) is 0 Å². The molecule has 1 unspecified atom stereocenters. The molecule has 0 radical (unpaired) electrons. The zero-order chi connectivity index (χ0) is 15.1. The lowest BCUT2D eigenvalue weighted by Gasteiger charge is -2.14. The van der Waals surface area contributed by atoms with E-state index in [0.29, 0.717) is 5.92 Å². The monoisotopic (exact) mass is 399 g/mol. The standard InChI is InChI=1S/C12H12BrCl2NO3S/c1-6(7-2-3-7)16-12(17)8-4-9(14)11(13)10(5-8)20(15,18)19/h4-7H,2-3H2,1H3,(H,16,17). The molecule has 8 heteroatoms. The molecule has 1 aromatic carbocycles. The van der Waals surface area contributed by atoms with Crippen LogP contribution in [0.2, 0.25) is 5.02 Å². The fraction of sp³-hybridized carbons (Fsp3) is 0.417. The minimum Gasteiger partial charge on any atom is -0.349 e. The summed E-state index contributed by atoms with van der Waals surface area (Å²) >= 11 is 8.99. The normalized spacial score (nSPS) is 16.8. The maximum absolute atomic E-state index is 12.1. The van der Waals surface area contributed by atoms with Crippen molar-refractivity contribution in [2.45, 2.75) is 30.7 Å². The Balaban J connectivity index is 2.32. The summed E-state index contributed by atoms with van der Waals surface area (Å²) in [5.74, 6) is 0.140. The SMILES string of the molecule is CC(NC(=O)c1cc(Cl)c(Br)c(S(=O)(=O)Cl)c1)C1CC1. The summed E-state index contributed by atoms with van der Waals surface area (Å²) < 4.78 is 23.1. The average molecular weight is 401 g/mol. The first-order chi connectivity index (χ1) is 9.20. The molecule has 1 atom stereocenters. The fourth-order valence-corrected chi connectivity index (χ4v) is 4.26. The van der Waals surface area contributed by atoms with Gasteiger partial charge in [-0.25, -0.2) is 8.42 Å². The Hall–Kier alpha value is -0.300. The van der Waals surface area contributed by atoms with Crippen LogP contribution in [0.5, 0.6) is 0 Å². The molecule has 110 valence electrons. The van der Waals surface area contributed by atoms with E-state index in [-0.39, 0.29) is 31.9 Å². The first kappa shape index (κ1) is 16.1. The van der Waals surface area contributed by atoms with Gasteiger partial charge in [0, 0.05) is 22.3 Å². The lowest BCUT2D eigenvalue weighted by Crippen LogP contribution is -2.34. The number of amides is 1. The molecule has 1 amide bonds. The van der Waals surface area contributed by atoms with Crippen LogP contribution in [0, 0.1) is 5.92 Å². The Kier molecular flexibility index (Phi) is 4.69. The second-order valence-electron chi connectivity index (χ2n) is 4.81. The van der Waals surface area contributed by atoms with E-state index in [0.717, 1.165) is 12.8 Å². The molecule has 0 heterocycles. The Morgan fingerprint density at radius 2 is 2.05 bits per heavy atom. The number of nitrogens with one attached hydrogen (secondary N) is 1. The van der Waals surface area contributed by atoms with Gasteiger partial charge in [-0.3, -0.25) is 4.79 Å². The highest BCUT2D eigenvalue weighted by molar-refractivity contribution is 9.10. The maximum Gasteiger partial charge on any atom is 0.262 e. The Morgan fingerprint density at radius 1 is 1.45 bits per heavy atom. The predicted octanol–water partition coefficient (Wildman–Crippen LogP) is 3.56. The molecule has 0 bridgehead atoms. The van der Waals surface area contributed by atoms with Crippen LogP contribution in [0.3, 0.4) is 0 Å². The molecule has 1 saturated carbocycles. The molecule has 1 aliphatic rings. The van der Waals surface area contributed by atoms with E-state index in [9.17, 15) is 13.2 Å². The van der Waals surface area contributed by atoms with Crippen LogP contribution in [0.15, 0.2) is 21.5 Å². The zero-order valence-corrected chi connectivity index (χ0v) is 14.4. The molecular formula is C12H12BrCl2NO3S. The van der Waals surface area contributed by atoms with Crippen LogP contribution in [-0.4, -0.2) is 20.4 Å². The van der Waals surface area contributed by atoms with E-state index < -0.39 is 9.05 Å². The van der Waals surface area contributed by atoms with Crippen LogP contribution in [-0.2, 0) is 9.05 Å². The Morgan fingerprint density at radius 3 is 2.55 bits per heavy atom. The highest BCUT2D eigenvalue weighted by atomic mass is 79.9. The molecule has 20 heavy (non-hydrogen) atoms. The van der Waals surface area contributed by atoms with Crippen LogP contribution < -0.4 is 5.32 Å². The number of rotatable bonds is 4. The fourth-order valence-electron chi connectivity index (χ4n) is 1.88. The van der Waals surface area contributed by atoms with Crippen LogP contribution in [0.4, 0.5) is 0 Å². The Labute approximate surface area is 135 Å². The van der Waals surface area contributed by atoms with Gasteiger partial charge in [0.25, 0.3) is 15.0 Å². The highest BCUT2D eigenvalue weighted by Crippen LogP contribution is 2.34. The van der Waals surface area contributed by atoms with Crippen molar-refractivity contribution in [3.63, 3.8) is 0 Å². The third-order valence-corrected chi connectivity index (χ3v) is 6.20. The molecule has 4 nitrogen and oxygen atoms in total. The number of benzene rings is 1. The van der Waals surface area contributed by atoms with Crippen molar-refractivity contribution in [3.05, 3.63) is 27.2 Å². The van der Waals surface area contributed by atoms with Gasteiger partial charge < -0.3 is 5.32 Å². The van der Waals surface area contributed by atoms with Gasteiger partial charge in [-0.05, 0) is 53.7 Å². The summed E-state index contributed by atoms with van der Waals surface area (Å²) in [6, 6.07) is 2.68. The van der Waals surface area contributed by atoms with Crippen molar-refractivity contribution < 1.29 is 13.2 Å². The van der Waals surface area contributed by atoms with E-state index >= 15 is 0 Å². The number of carbonyl (C=O) groups is 1. The highest BCUT2D eigenvalue weighted by Gasteiger charge is 2.29. The van der Waals surface area contributed by atoms with Gasteiger partial charge in [0.15, 0.2) is 0 Å². The van der Waals surface area contributed by atoms with Gasteiger partial charge in [-0.2, -0.15) is 0 Å². The third-order valence-electron chi connectivity index (χ3n) is 3.21. The Bertz CT molecular complexity index is 659. The van der Waals surface area contributed by atoms with Gasteiger partial charge in [-0.1, -0.05) is 11.6 Å². The van der Waals surface area contributed by atoms with Gasteiger partial charge in [0.05, 0.1) is 14.4 Å². The topological polar surface area (TPSA) is 63.2 Å². The van der Waals surface area contributed by atoms with Gasteiger partial charge in [0.1, 0.15) is 0 Å². The molecule has 1 aromatic rings. The summed E-state index contributed by atoms with van der Waals surface area (Å²) in [6.45, 7) is 1.93. The summed E-state index contributed by atoms with van der Waals surface area (Å²) in [4.78, 5) is 11.9. The largest absolute Gasteiger partial charge is 0.349 e. The first-order valence-electron chi connectivity index (χ1n) is 5.94. The second kappa shape index (κ2) is 5.83. The van der Waals surface area contributed by atoms with Crippen molar-refractivity contribution in [1.82, 2.24) is 5.32 Å². The quantitative estimate of drug-likeness (QED) is 0.786. The molecule has 0 aliphatic heterocycles. The molecule has 0 aromatic heterocycles. The molecule has 0 spiro atoms. The van der Waals surface area contributed by atoms with E-state index in [1.807, 2.05) is 6.92 Å².